The summed E-state index contributed by atoms with van der Waals surface area (Å²) in [5.74, 6) is 1.63. The number of para-hydroxylation sites is 2. The van der Waals surface area contributed by atoms with Gasteiger partial charge in [0.05, 0.1) is 26.2 Å². The molecule has 5 aromatic rings. The van der Waals surface area contributed by atoms with Gasteiger partial charge in [0.15, 0.2) is 4.80 Å². The third-order valence-corrected chi connectivity index (χ3v) is 6.66. The lowest BCUT2D eigenvalue weighted by Crippen LogP contribution is -2.17. The molecule has 0 saturated heterocycles. The van der Waals surface area contributed by atoms with E-state index in [-0.39, 0.29) is 0 Å². The van der Waals surface area contributed by atoms with Crippen LogP contribution in [0.5, 0.6) is 11.5 Å². The number of aromatic nitrogens is 3. The average Bonchev–Trinajstić information content (AvgIpc) is 3.54. The lowest BCUT2D eigenvalue weighted by Gasteiger charge is -2.11. The minimum absolute atomic E-state index is 0.766. The van der Waals surface area contributed by atoms with Crippen molar-refractivity contribution < 1.29 is 9.47 Å². The van der Waals surface area contributed by atoms with Gasteiger partial charge in [-0.05, 0) is 53.1 Å². The number of ether oxygens (including phenoxy) is 2. The summed E-state index contributed by atoms with van der Waals surface area (Å²) < 4.78 is 15.3. The zero-order chi connectivity index (χ0) is 23.3. The minimum atomic E-state index is 0.766. The van der Waals surface area contributed by atoms with Crippen molar-refractivity contribution in [1.82, 2.24) is 14.1 Å². The molecule has 0 atom stereocenters. The highest BCUT2D eigenvalue weighted by Crippen LogP contribution is 2.29. The van der Waals surface area contributed by atoms with Gasteiger partial charge in [-0.25, -0.2) is 9.98 Å². The number of fused-ring (bicyclic) bond motifs is 1. The predicted molar refractivity (Wildman–Crippen MR) is 137 cm³/mol. The van der Waals surface area contributed by atoms with E-state index in [9.17, 15) is 0 Å². The molecule has 0 saturated carbocycles. The third-order valence-electron chi connectivity index (χ3n) is 5.80. The monoisotopic (exact) mass is 470 g/mol. The Balaban J connectivity index is 1.56. The highest BCUT2D eigenvalue weighted by molar-refractivity contribution is 7.07. The van der Waals surface area contributed by atoms with Gasteiger partial charge < -0.3 is 18.6 Å². The fraction of sp³-hybridized carbons (Fsp3) is 0.185. The van der Waals surface area contributed by atoms with Crippen LogP contribution in [-0.4, -0.2) is 28.3 Å². The van der Waals surface area contributed by atoms with Crippen LogP contribution >= 0.6 is 11.3 Å². The molecule has 0 amide bonds. The molecule has 2 aromatic heterocycles. The van der Waals surface area contributed by atoms with Gasteiger partial charge in [0, 0.05) is 30.9 Å². The van der Waals surface area contributed by atoms with E-state index in [1.165, 1.54) is 5.39 Å². The Kier molecular flexibility index (Phi) is 6.44. The summed E-state index contributed by atoms with van der Waals surface area (Å²) >= 11 is 1.65. The van der Waals surface area contributed by atoms with Crippen LogP contribution in [-0.2, 0) is 13.1 Å². The molecule has 0 fully saturated rings. The molecule has 0 unspecified atom stereocenters. The molecule has 6 nitrogen and oxygen atoms in total. The zero-order valence-corrected chi connectivity index (χ0v) is 20.0. The van der Waals surface area contributed by atoms with E-state index >= 15 is 0 Å². The number of aryl methyl sites for hydroxylation is 1. The smallest absolute Gasteiger partial charge is 0.190 e. The van der Waals surface area contributed by atoms with Gasteiger partial charge in [0.25, 0.3) is 0 Å². The number of methoxy groups -OCH3 is 2. The zero-order valence-electron chi connectivity index (χ0n) is 19.2. The number of rotatable bonds is 8. The van der Waals surface area contributed by atoms with E-state index in [0.29, 0.717) is 0 Å². The molecule has 0 radical (unpaired) electrons. The number of nitrogens with zero attached hydrogens (tertiary/aromatic N) is 4. The summed E-state index contributed by atoms with van der Waals surface area (Å²) in [6, 6.07) is 20.6. The molecule has 7 heteroatoms. The van der Waals surface area contributed by atoms with Crippen molar-refractivity contribution in [2.45, 2.75) is 19.5 Å². The quantitative estimate of drug-likeness (QED) is 0.283. The van der Waals surface area contributed by atoms with Gasteiger partial charge in [0.2, 0.25) is 0 Å². The molecular weight excluding hydrogens is 444 g/mol. The van der Waals surface area contributed by atoms with E-state index in [0.717, 1.165) is 58.1 Å². The molecule has 3 aromatic carbocycles. The van der Waals surface area contributed by atoms with Gasteiger partial charge in [-0.2, -0.15) is 0 Å². The second-order valence-corrected chi connectivity index (χ2v) is 8.76. The Hall–Kier alpha value is -3.84. The van der Waals surface area contributed by atoms with Crippen molar-refractivity contribution in [3.8, 4) is 22.8 Å². The summed E-state index contributed by atoms with van der Waals surface area (Å²) in [6.45, 7) is 1.74. The molecule has 172 valence electrons. The maximum absolute atomic E-state index is 5.53. The highest BCUT2D eigenvalue weighted by atomic mass is 32.1. The molecular formula is C27H26N4O2S. The van der Waals surface area contributed by atoms with Crippen molar-refractivity contribution in [3.63, 3.8) is 0 Å². The number of benzene rings is 3. The van der Waals surface area contributed by atoms with Gasteiger partial charge in [-0.15, -0.1) is 11.3 Å². The highest BCUT2D eigenvalue weighted by Gasteiger charge is 2.11. The second kappa shape index (κ2) is 9.97. The SMILES string of the molecule is COc1ccc2cc(-c3csc(=Nc4ccccc4OC)n3CCCn3ccnc3)ccc2c1. The molecule has 0 aliphatic heterocycles. The van der Waals surface area contributed by atoms with Crippen LogP contribution in [0.3, 0.4) is 0 Å². The lowest BCUT2D eigenvalue weighted by molar-refractivity contribution is 0.415. The van der Waals surface area contributed by atoms with E-state index < -0.39 is 0 Å². The van der Waals surface area contributed by atoms with Crippen molar-refractivity contribution in [1.29, 1.82) is 0 Å². The molecule has 0 aliphatic carbocycles. The first kappa shape index (κ1) is 22.0. The van der Waals surface area contributed by atoms with Crippen LogP contribution in [0, 0.1) is 0 Å². The normalized spacial score (nSPS) is 11.8. The van der Waals surface area contributed by atoms with Crippen LogP contribution in [0.4, 0.5) is 5.69 Å². The minimum Gasteiger partial charge on any atom is -0.497 e. The van der Waals surface area contributed by atoms with Gasteiger partial charge in [-0.3, -0.25) is 0 Å². The number of imidazole rings is 1. The first-order valence-electron chi connectivity index (χ1n) is 11.1. The Bertz CT molecular complexity index is 1470. The molecule has 2 heterocycles. The predicted octanol–water partition coefficient (Wildman–Crippen LogP) is 5.91. The molecule has 0 aliphatic rings. The summed E-state index contributed by atoms with van der Waals surface area (Å²) in [7, 11) is 3.37. The Morgan fingerprint density at radius 2 is 1.79 bits per heavy atom. The number of thiazole rings is 1. The largest absolute Gasteiger partial charge is 0.497 e. The van der Waals surface area contributed by atoms with Crippen molar-refractivity contribution >= 4 is 27.8 Å². The molecule has 0 N–H and O–H groups in total. The molecule has 0 bridgehead atoms. The van der Waals surface area contributed by atoms with Crippen molar-refractivity contribution in [3.05, 3.63) is 89.6 Å². The summed E-state index contributed by atoms with van der Waals surface area (Å²) in [5.41, 5.74) is 3.15. The van der Waals surface area contributed by atoms with Crippen LogP contribution < -0.4 is 14.3 Å². The summed E-state index contributed by atoms with van der Waals surface area (Å²) in [6.07, 6.45) is 6.63. The molecule has 34 heavy (non-hydrogen) atoms. The fourth-order valence-electron chi connectivity index (χ4n) is 4.03. The van der Waals surface area contributed by atoms with Gasteiger partial charge >= 0.3 is 0 Å². The Morgan fingerprint density at radius 1 is 0.941 bits per heavy atom. The Labute approximate surface area is 202 Å². The molecule has 5 rings (SSSR count). The maximum Gasteiger partial charge on any atom is 0.190 e. The standard InChI is InChI=1S/C27H26N4O2S/c1-32-23-11-10-20-16-22(9-8-21(20)17-23)25-18-34-27(29-24-6-3-4-7-26(24)33-2)31(25)14-5-13-30-15-12-28-19-30/h3-4,6-12,15-19H,5,13-14H2,1-2H3. The second-order valence-electron chi connectivity index (χ2n) is 7.92. The summed E-state index contributed by atoms with van der Waals surface area (Å²) in [4.78, 5) is 10.1. The van der Waals surface area contributed by atoms with Crippen LogP contribution in [0.15, 0.2) is 89.8 Å². The fourth-order valence-corrected chi connectivity index (χ4v) is 4.98. The Morgan fingerprint density at radius 3 is 2.62 bits per heavy atom. The van der Waals surface area contributed by atoms with Crippen molar-refractivity contribution in [2.75, 3.05) is 14.2 Å². The summed E-state index contributed by atoms with van der Waals surface area (Å²) in [5, 5.41) is 4.53. The number of hydrogen-bond donors (Lipinski definition) is 0. The van der Waals surface area contributed by atoms with E-state index in [1.807, 2.05) is 49.1 Å². The van der Waals surface area contributed by atoms with Gasteiger partial charge in [0.1, 0.15) is 17.2 Å². The molecule has 0 spiro atoms. The van der Waals surface area contributed by atoms with E-state index in [1.54, 1.807) is 25.6 Å². The lowest BCUT2D eigenvalue weighted by atomic mass is 10.0. The van der Waals surface area contributed by atoms with Gasteiger partial charge in [-0.1, -0.05) is 30.3 Å². The van der Waals surface area contributed by atoms with E-state index in [2.05, 4.69) is 49.8 Å². The van der Waals surface area contributed by atoms with Crippen LogP contribution in [0.1, 0.15) is 6.42 Å². The van der Waals surface area contributed by atoms with Crippen LogP contribution in [0.2, 0.25) is 0 Å². The third kappa shape index (κ3) is 4.61. The topological polar surface area (TPSA) is 53.6 Å². The average molecular weight is 471 g/mol. The number of hydrogen-bond acceptors (Lipinski definition) is 5. The van der Waals surface area contributed by atoms with Crippen molar-refractivity contribution in [2.24, 2.45) is 4.99 Å². The maximum atomic E-state index is 5.53. The van der Waals surface area contributed by atoms with E-state index in [4.69, 9.17) is 14.5 Å². The first-order valence-corrected chi connectivity index (χ1v) is 12.0. The van der Waals surface area contributed by atoms with Crippen LogP contribution in [0.25, 0.3) is 22.0 Å². The first-order chi connectivity index (χ1) is 16.7.